The van der Waals surface area contributed by atoms with Crippen LogP contribution in [-0.2, 0) is 16.2 Å². The highest BCUT2D eigenvalue weighted by atomic mass is 32.1. The normalized spacial score (nSPS) is 13.3. The fourth-order valence-electron chi connectivity index (χ4n) is 24.8. The van der Waals surface area contributed by atoms with E-state index in [1.54, 1.807) is 40.2 Å². The Morgan fingerprint density at radius 1 is 0.155 bits per heavy atom. The smallest absolute Gasteiger partial charge is 0.144 e. The molecule has 0 fully saturated rings. The molecule has 0 atom stereocenters. The summed E-state index contributed by atoms with van der Waals surface area (Å²) in [6.45, 7) is 0. The van der Waals surface area contributed by atoms with Crippen LogP contribution in [0.2, 0.25) is 0 Å². The second-order valence-corrected chi connectivity index (χ2v) is 41.8. The lowest BCUT2D eigenvalue weighted by Crippen LogP contribution is -2.25. The van der Waals surface area contributed by atoms with E-state index in [0.29, 0.717) is 0 Å². The minimum atomic E-state index is -0.371. The molecule has 8 nitrogen and oxygen atoms in total. The third kappa shape index (κ3) is 13.1. The lowest BCUT2D eigenvalue weighted by molar-refractivity contribution is 0.794. The van der Waals surface area contributed by atoms with Crippen molar-refractivity contribution in [1.82, 2.24) is 39.9 Å². The first-order valence-corrected chi connectivity index (χ1v) is 52.6. The van der Waals surface area contributed by atoms with Crippen molar-refractivity contribution in [2.75, 3.05) is 0 Å². The van der Waals surface area contributed by atoms with Crippen molar-refractivity contribution < 1.29 is 0 Å². The van der Waals surface area contributed by atoms with Crippen molar-refractivity contribution in [2.24, 2.45) is 0 Å². The second kappa shape index (κ2) is 33.9. The van der Waals surface area contributed by atoms with Crippen molar-refractivity contribution in [3.8, 4) is 177 Å². The first-order chi connectivity index (χ1) is 73.3. The maximum absolute atomic E-state index is 5.22. The molecule has 18 aromatic carbocycles. The number of hydrogen-bond acceptors (Lipinski definition) is 11. The molecule has 8 aromatic heterocycles. The number of hydrogen-bond donors (Lipinski definition) is 0. The molecule has 0 saturated heterocycles. The molecular weight excluding hydrogens is 1850 g/mol. The molecule has 0 aliphatic heterocycles. The van der Waals surface area contributed by atoms with Crippen LogP contribution in [0.5, 0.6) is 0 Å². The first-order valence-electron chi connectivity index (χ1n) is 50.2. The average molecular weight is 1940 g/mol. The van der Waals surface area contributed by atoms with Crippen molar-refractivity contribution in [3.05, 3.63) is 565 Å². The molecule has 688 valence electrons. The fourth-order valence-corrected chi connectivity index (χ4v) is 27.7. The number of thiazole rings is 3. The molecule has 6 aliphatic rings. The maximum atomic E-state index is 5.22. The molecule has 0 unspecified atom stereocenters. The average Bonchev–Trinajstić information content (AvgIpc) is 1.52. The molecule has 11 heteroatoms. The number of fused-ring (bicyclic) bond motifs is 34. The molecule has 0 bridgehead atoms. The summed E-state index contributed by atoms with van der Waals surface area (Å²) in [5.74, 6) is 0. The van der Waals surface area contributed by atoms with Crippen LogP contribution in [-0.4, -0.2) is 39.9 Å². The van der Waals surface area contributed by atoms with Gasteiger partial charge in [0.15, 0.2) is 0 Å². The van der Waals surface area contributed by atoms with Gasteiger partial charge in [-0.1, -0.05) is 447 Å². The van der Waals surface area contributed by atoms with E-state index in [4.69, 9.17) is 29.9 Å². The summed E-state index contributed by atoms with van der Waals surface area (Å²) in [7, 11) is 0. The van der Waals surface area contributed by atoms with Gasteiger partial charge in [-0.15, -0.1) is 0 Å². The molecule has 26 aromatic rings. The molecular formula is C137H82N8S3. The molecule has 148 heavy (non-hydrogen) atoms. The van der Waals surface area contributed by atoms with Gasteiger partial charge in [0.05, 0.1) is 33.3 Å². The monoisotopic (exact) mass is 1930 g/mol. The van der Waals surface area contributed by atoms with E-state index >= 15 is 0 Å². The zero-order valence-corrected chi connectivity index (χ0v) is 82.1. The minimum absolute atomic E-state index is 0.358. The summed E-state index contributed by atoms with van der Waals surface area (Å²) < 4.78 is 0. The van der Waals surface area contributed by atoms with E-state index in [0.717, 1.165) is 124 Å². The van der Waals surface area contributed by atoms with Crippen LogP contribution in [0.1, 0.15) is 66.8 Å². The number of nitrogens with zero attached hydrogens (tertiary/aromatic N) is 8. The third-order valence-electron chi connectivity index (χ3n) is 31.3. The highest BCUT2D eigenvalue weighted by molar-refractivity contribution is 7.22. The van der Waals surface area contributed by atoms with E-state index in [9.17, 15) is 0 Å². The van der Waals surface area contributed by atoms with Crippen LogP contribution < -0.4 is 0 Å². The van der Waals surface area contributed by atoms with Gasteiger partial charge in [-0.2, -0.15) is 0 Å². The van der Waals surface area contributed by atoms with Gasteiger partial charge in [-0.05, 0) is 239 Å². The Bertz CT molecular complexity index is 9740. The summed E-state index contributed by atoms with van der Waals surface area (Å²) in [6.07, 6.45) is 7.57. The minimum Gasteiger partial charge on any atom is -0.264 e. The SMILES string of the molecule is c1ccc(-c2ccc(-c3nc4ccc(-c5ccc6c(c5)C5(c7ccccc7-c7ccccc75)c5ccccc5-6)nc4s3)cc2)cc1.c1ccc2c(c1)-c1ccccc1C21c2ccccc2-c2ccc(-c3ccc4nc(-c5ccc(-c6cncc7ccccc67)cc5)sc4n3)cc21.c1cncc(-c2ccc(-c3ccc(-c4nc5ccc(-c6ccc7c(c6)C6(c8ccccc8-c8ccccc86)c6ccccc6-7)nc5s4)cc3)cc2)c1. The van der Waals surface area contributed by atoms with Gasteiger partial charge in [-0.3, -0.25) is 9.97 Å². The van der Waals surface area contributed by atoms with Gasteiger partial charge in [0, 0.05) is 69.1 Å². The van der Waals surface area contributed by atoms with Crippen LogP contribution in [0.15, 0.2) is 498 Å². The van der Waals surface area contributed by atoms with Crippen LogP contribution in [0.3, 0.4) is 0 Å². The molecule has 0 amide bonds. The zero-order valence-electron chi connectivity index (χ0n) is 79.6. The Hall–Kier alpha value is -18.4. The van der Waals surface area contributed by atoms with Gasteiger partial charge in [0.2, 0.25) is 0 Å². The van der Waals surface area contributed by atoms with Crippen LogP contribution in [0, 0.1) is 0 Å². The number of rotatable bonds is 10. The summed E-state index contributed by atoms with van der Waals surface area (Å²) in [5, 5.41) is 5.27. The van der Waals surface area contributed by atoms with Crippen LogP contribution in [0.25, 0.3) is 219 Å². The van der Waals surface area contributed by atoms with Crippen molar-refractivity contribution in [2.45, 2.75) is 16.2 Å². The lowest BCUT2D eigenvalue weighted by Gasteiger charge is -2.30. The topological polar surface area (TPSA) is 103 Å². The predicted molar refractivity (Wildman–Crippen MR) is 609 cm³/mol. The molecule has 0 radical (unpaired) electrons. The standard InChI is InChI=1S/C48H29N3S.C46H27N3S.C43H26N2S/c1-4-12-40-36(9-1)37-10-2-5-13-41(37)48(40)42-14-6-3-11-38(42)39-24-23-34(28-43(39)48)44-25-26-45-47(50-44)52-46(51-45)33-21-19-31(20-22-33)30-15-17-32(18-16-30)35-8-7-27-49-29-35;1-2-10-32-31(9-1)26-47-27-37(32)28-17-19-29(20-18-28)44-49-43-24-23-42(48-45(43)50-44)30-21-22-36-35-13-5-8-16-40(35)46(41(36)25-30)38-14-6-3-11-33(38)34-12-4-7-15-39(34)46;1-2-10-27(11-3-1)28-18-20-29(21-19-28)41-45-40-25-24-39(44-42(40)46-41)30-22-23-34-33-14-6-9-17-37(33)43(38(34)26-30)35-15-7-4-12-31(35)32-13-5-8-16-36(32)43/h1-29H;1-27H;1-26H. The van der Waals surface area contributed by atoms with E-state index in [1.807, 2.05) is 30.7 Å². The lowest BCUT2D eigenvalue weighted by atomic mass is 9.70. The van der Waals surface area contributed by atoms with Crippen LogP contribution >= 0.6 is 34.0 Å². The van der Waals surface area contributed by atoms with Gasteiger partial charge < -0.3 is 0 Å². The largest absolute Gasteiger partial charge is 0.264 e. The Labute approximate surface area is 866 Å². The van der Waals surface area contributed by atoms with Gasteiger partial charge in [-0.25, -0.2) is 29.9 Å². The fraction of sp³-hybridized carbons (Fsp3) is 0.0219. The van der Waals surface area contributed by atoms with Crippen molar-refractivity contribution >= 4 is 75.8 Å². The van der Waals surface area contributed by atoms with Crippen molar-refractivity contribution in [3.63, 3.8) is 0 Å². The molecule has 6 aliphatic carbocycles. The zero-order chi connectivity index (χ0) is 97.3. The van der Waals surface area contributed by atoms with E-state index < -0.39 is 0 Å². The molecule has 8 heterocycles. The highest BCUT2D eigenvalue weighted by Crippen LogP contribution is 2.67. The van der Waals surface area contributed by atoms with E-state index in [2.05, 4.69) is 471 Å². The quantitative estimate of drug-likeness (QED) is 0.133. The maximum Gasteiger partial charge on any atom is 0.144 e. The Kier molecular flexibility index (Phi) is 19.5. The first kappa shape index (κ1) is 85.2. The second-order valence-electron chi connectivity index (χ2n) is 38.9. The van der Waals surface area contributed by atoms with E-state index in [-0.39, 0.29) is 16.2 Å². The Morgan fingerprint density at radius 2 is 0.412 bits per heavy atom. The predicted octanol–water partition coefficient (Wildman–Crippen LogP) is 34.7. The van der Waals surface area contributed by atoms with Crippen LogP contribution in [0.4, 0.5) is 0 Å². The number of benzene rings is 18. The summed E-state index contributed by atoms with van der Waals surface area (Å²) in [6, 6.07) is 172. The Balaban J connectivity index is 0.000000103. The molecule has 0 saturated carbocycles. The van der Waals surface area contributed by atoms with Gasteiger partial charge >= 0.3 is 0 Å². The summed E-state index contributed by atoms with van der Waals surface area (Å²) in [5.41, 5.74) is 52.3. The molecule has 3 spiro atoms. The van der Waals surface area contributed by atoms with Gasteiger partial charge in [0.25, 0.3) is 0 Å². The highest BCUT2D eigenvalue weighted by Gasteiger charge is 2.55. The van der Waals surface area contributed by atoms with Crippen molar-refractivity contribution in [1.29, 1.82) is 0 Å². The molecule has 32 rings (SSSR count). The summed E-state index contributed by atoms with van der Waals surface area (Å²) in [4.78, 5) is 42.2. The Morgan fingerprint density at radius 3 is 0.730 bits per heavy atom. The number of aromatic nitrogens is 8. The number of pyridine rings is 5. The summed E-state index contributed by atoms with van der Waals surface area (Å²) >= 11 is 4.95. The van der Waals surface area contributed by atoms with Gasteiger partial charge in [0.1, 0.15) is 46.1 Å². The molecule has 0 N–H and O–H groups in total. The van der Waals surface area contributed by atoms with E-state index in [1.165, 1.54) is 161 Å². The third-order valence-corrected chi connectivity index (χ3v) is 34.4.